The van der Waals surface area contributed by atoms with Crippen LogP contribution in [0, 0.1) is 5.82 Å². The summed E-state index contributed by atoms with van der Waals surface area (Å²) in [6.07, 6.45) is 0. The molecule has 2 aliphatic heterocycles. The summed E-state index contributed by atoms with van der Waals surface area (Å²) in [6, 6.07) is 10.5. The summed E-state index contributed by atoms with van der Waals surface area (Å²) < 4.78 is 52.1. The fourth-order valence-corrected chi connectivity index (χ4v) is 5.06. The highest BCUT2D eigenvalue weighted by Gasteiger charge is 2.28. The van der Waals surface area contributed by atoms with Gasteiger partial charge in [-0.25, -0.2) is 12.8 Å². The zero-order chi connectivity index (χ0) is 21.8. The normalized spacial score (nSPS) is 18.0. The molecule has 4 rings (SSSR count). The van der Waals surface area contributed by atoms with Crippen LogP contribution < -0.4 is 10.2 Å². The number of carbonyl (C=O) groups excluding carboxylic acids is 1. The number of hydrogen-bond acceptors (Lipinski definition) is 6. The van der Waals surface area contributed by atoms with E-state index in [-0.39, 0.29) is 23.5 Å². The van der Waals surface area contributed by atoms with E-state index in [1.54, 1.807) is 12.1 Å². The van der Waals surface area contributed by atoms with Crippen LogP contribution in [0.3, 0.4) is 0 Å². The first kappa shape index (κ1) is 21.7. The van der Waals surface area contributed by atoms with E-state index >= 15 is 0 Å². The molecule has 0 spiro atoms. The van der Waals surface area contributed by atoms with Gasteiger partial charge in [0.1, 0.15) is 5.82 Å². The molecule has 2 aliphatic rings. The van der Waals surface area contributed by atoms with Crippen molar-refractivity contribution < 1.29 is 27.1 Å². The average Bonchev–Trinajstić information content (AvgIpc) is 2.80. The van der Waals surface area contributed by atoms with Gasteiger partial charge in [-0.1, -0.05) is 12.1 Å². The van der Waals surface area contributed by atoms with Gasteiger partial charge in [0, 0.05) is 26.2 Å². The molecular formula is C21H24FN3O5S. The van der Waals surface area contributed by atoms with Crippen molar-refractivity contribution in [1.29, 1.82) is 0 Å². The van der Waals surface area contributed by atoms with Crippen molar-refractivity contribution >= 4 is 27.3 Å². The topological polar surface area (TPSA) is 88.2 Å². The van der Waals surface area contributed by atoms with E-state index < -0.39 is 21.7 Å². The van der Waals surface area contributed by atoms with E-state index in [1.165, 1.54) is 10.4 Å². The van der Waals surface area contributed by atoms with Crippen LogP contribution in [-0.4, -0.2) is 71.2 Å². The standard InChI is InChI=1S/C21H24FN3O5S/c22-18-6-5-16(31(27,28)25-9-13-30-14-10-25)15-17(18)21(26)23-19-3-1-2-4-20(19)24-7-11-29-12-8-24/h1-6,15H,7-14H2,(H,23,26). The molecule has 0 saturated carbocycles. The van der Waals surface area contributed by atoms with Crippen LogP contribution in [-0.2, 0) is 19.5 Å². The van der Waals surface area contributed by atoms with Crippen LogP contribution in [0.25, 0.3) is 0 Å². The summed E-state index contributed by atoms with van der Waals surface area (Å²) in [4.78, 5) is 14.9. The predicted octanol–water partition coefficient (Wildman–Crippen LogP) is 1.94. The van der Waals surface area contributed by atoms with Crippen molar-refractivity contribution in [2.75, 3.05) is 62.8 Å². The first-order valence-corrected chi connectivity index (χ1v) is 11.5. The van der Waals surface area contributed by atoms with E-state index in [9.17, 15) is 17.6 Å². The van der Waals surface area contributed by atoms with Crippen LogP contribution in [0.5, 0.6) is 0 Å². The molecule has 166 valence electrons. The fraction of sp³-hybridized carbons (Fsp3) is 0.381. The Labute approximate surface area is 180 Å². The first-order valence-electron chi connectivity index (χ1n) is 10.1. The van der Waals surface area contributed by atoms with Gasteiger partial charge in [0.15, 0.2) is 0 Å². The number of hydrogen-bond donors (Lipinski definition) is 1. The molecule has 0 bridgehead atoms. The molecule has 0 aromatic heterocycles. The number of rotatable bonds is 5. The maximum absolute atomic E-state index is 14.5. The predicted molar refractivity (Wildman–Crippen MR) is 113 cm³/mol. The van der Waals surface area contributed by atoms with Crippen molar-refractivity contribution in [2.45, 2.75) is 4.90 Å². The third-order valence-electron chi connectivity index (χ3n) is 5.29. The summed E-state index contributed by atoms with van der Waals surface area (Å²) in [7, 11) is -3.85. The number of sulfonamides is 1. The highest BCUT2D eigenvalue weighted by molar-refractivity contribution is 7.89. The van der Waals surface area contributed by atoms with Crippen LogP contribution in [0.2, 0.25) is 0 Å². The molecule has 2 aromatic rings. The van der Waals surface area contributed by atoms with Gasteiger partial charge < -0.3 is 19.7 Å². The Morgan fingerprint density at radius 2 is 1.58 bits per heavy atom. The van der Waals surface area contributed by atoms with Gasteiger partial charge in [0.05, 0.1) is 48.3 Å². The molecule has 31 heavy (non-hydrogen) atoms. The lowest BCUT2D eigenvalue weighted by molar-refractivity contribution is 0.0730. The van der Waals surface area contributed by atoms with E-state index in [0.717, 1.165) is 17.8 Å². The minimum absolute atomic E-state index is 0.123. The second kappa shape index (κ2) is 9.31. The number of benzene rings is 2. The summed E-state index contributed by atoms with van der Waals surface area (Å²) in [5.74, 6) is -1.50. The van der Waals surface area contributed by atoms with Gasteiger partial charge in [-0.2, -0.15) is 4.31 Å². The number of amides is 1. The lowest BCUT2D eigenvalue weighted by atomic mass is 10.1. The number of ether oxygens (including phenoxy) is 2. The number of anilines is 2. The van der Waals surface area contributed by atoms with Crippen LogP contribution in [0.15, 0.2) is 47.4 Å². The molecule has 0 atom stereocenters. The largest absolute Gasteiger partial charge is 0.379 e. The molecule has 8 nitrogen and oxygen atoms in total. The van der Waals surface area contributed by atoms with Gasteiger partial charge in [-0.15, -0.1) is 0 Å². The SMILES string of the molecule is O=C(Nc1ccccc1N1CCOCC1)c1cc(S(=O)(=O)N2CCOCC2)ccc1F. The van der Waals surface area contributed by atoms with E-state index in [1.807, 2.05) is 12.1 Å². The summed E-state index contributed by atoms with van der Waals surface area (Å²) in [6.45, 7) is 3.54. The lowest BCUT2D eigenvalue weighted by Crippen LogP contribution is -2.40. The summed E-state index contributed by atoms with van der Waals surface area (Å²) in [5, 5.41) is 2.73. The molecule has 2 heterocycles. The van der Waals surface area contributed by atoms with E-state index in [0.29, 0.717) is 45.2 Å². The second-order valence-corrected chi connectivity index (χ2v) is 9.17. The summed E-state index contributed by atoms with van der Waals surface area (Å²) >= 11 is 0. The molecule has 2 saturated heterocycles. The van der Waals surface area contributed by atoms with Gasteiger partial charge in [0.25, 0.3) is 5.91 Å². The minimum Gasteiger partial charge on any atom is -0.379 e. The zero-order valence-corrected chi connectivity index (χ0v) is 17.7. The van der Waals surface area contributed by atoms with Crippen LogP contribution >= 0.6 is 0 Å². The van der Waals surface area contributed by atoms with Crippen molar-refractivity contribution in [2.24, 2.45) is 0 Å². The Bertz CT molecular complexity index is 1050. The highest BCUT2D eigenvalue weighted by Crippen LogP contribution is 2.28. The molecule has 10 heteroatoms. The molecule has 0 radical (unpaired) electrons. The molecule has 2 fully saturated rings. The Morgan fingerprint density at radius 1 is 0.935 bits per heavy atom. The molecule has 1 amide bonds. The first-order chi connectivity index (χ1) is 15.0. The fourth-order valence-electron chi connectivity index (χ4n) is 3.62. The lowest BCUT2D eigenvalue weighted by Gasteiger charge is -2.30. The smallest absolute Gasteiger partial charge is 0.258 e. The number of nitrogens with zero attached hydrogens (tertiary/aromatic N) is 2. The van der Waals surface area contributed by atoms with Crippen LogP contribution in [0.4, 0.5) is 15.8 Å². The number of carbonyl (C=O) groups is 1. The number of morpholine rings is 2. The van der Waals surface area contributed by atoms with Gasteiger partial charge in [-0.05, 0) is 30.3 Å². The summed E-state index contributed by atoms with van der Waals surface area (Å²) in [5.41, 5.74) is 0.998. The number of para-hydroxylation sites is 2. The van der Waals surface area contributed by atoms with Gasteiger partial charge in [0.2, 0.25) is 10.0 Å². The van der Waals surface area contributed by atoms with Crippen molar-refractivity contribution in [3.63, 3.8) is 0 Å². The number of nitrogens with one attached hydrogen (secondary N) is 1. The van der Waals surface area contributed by atoms with Crippen molar-refractivity contribution in [1.82, 2.24) is 4.31 Å². The van der Waals surface area contributed by atoms with Gasteiger partial charge >= 0.3 is 0 Å². The monoisotopic (exact) mass is 449 g/mol. The maximum Gasteiger partial charge on any atom is 0.258 e. The second-order valence-electron chi connectivity index (χ2n) is 7.23. The van der Waals surface area contributed by atoms with Crippen molar-refractivity contribution in [3.05, 3.63) is 53.8 Å². The third kappa shape index (κ3) is 4.72. The Kier molecular flexibility index (Phi) is 6.51. The molecule has 0 aliphatic carbocycles. The van der Waals surface area contributed by atoms with Crippen LogP contribution in [0.1, 0.15) is 10.4 Å². The molecule has 0 unspecified atom stereocenters. The quantitative estimate of drug-likeness (QED) is 0.751. The van der Waals surface area contributed by atoms with Crippen molar-refractivity contribution in [3.8, 4) is 0 Å². The van der Waals surface area contributed by atoms with E-state index in [2.05, 4.69) is 10.2 Å². The van der Waals surface area contributed by atoms with Gasteiger partial charge in [-0.3, -0.25) is 4.79 Å². The number of halogens is 1. The van der Waals surface area contributed by atoms with E-state index in [4.69, 9.17) is 9.47 Å². The maximum atomic E-state index is 14.5. The molecular weight excluding hydrogens is 425 g/mol. The molecule has 1 N–H and O–H groups in total. The third-order valence-corrected chi connectivity index (χ3v) is 7.19. The molecule has 2 aromatic carbocycles. The Hall–Kier alpha value is -2.53. The Balaban J connectivity index is 1.59. The highest BCUT2D eigenvalue weighted by atomic mass is 32.2. The Morgan fingerprint density at radius 3 is 2.29 bits per heavy atom. The zero-order valence-electron chi connectivity index (χ0n) is 16.9. The average molecular weight is 450 g/mol. The minimum atomic E-state index is -3.85.